The Morgan fingerprint density at radius 1 is 1.36 bits per heavy atom. The molecule has 0 bridgehead atoms. The molecule has 14 heavy (non-hydrogen) atoms. The minimum Gasteiger partial charge on any atom is -0.337 e. The van der Waals surface area contributed by atoms with Crippen LogP contribution in [0.4, 0.5) is 5.95 Å². The summed E-state index contributed by atoms with van der Waals surface area (Å²) in [7, 11) is 1.82. The summed E-state index contributed by atoms with van der Waals surface area (Å²) in [5.41, 5.74) is 1.84. The Balaban J connectivity index is 2.89. The third-order valence-electron chi connectivity index (χ3n) is 1.77. The van der Waals surface area contributed by atoms with Gasteiger partial charge in [0, 0.05) is 18.4 Å². The highest BCUT2D eigenvalue weighted by molar-refractivity contribution is 5.80. The molecule has 1 aromatic heterocycles. The molecular formula is C10H15N3O. The highest BCUT2D eigenvalue weighted by atomic mass is 16.1. The van der Waals surface area contributed by atoms with Gasteiger partial charge in [-0.05, 0) is 26.8 Å². The molecule has 0 saturated heterocycles. The Kier molecular flexibility index (Phi) is 3.17. The fraction of sp³-hybridized carbons (Fsp3) is 0.500. The van der Waals surface area contributed by atoms with Crippen molar-refractivity contribution in [1.29, 1.82) is 0 Å². The van der Waals surface area contributed by atoms with Gasteiger partial charge in [-0.1, -0.05) is 0 Å². The van der Waals surface area contributed by atoms with Crippen LogP contribution in [-0.4, -0.2) is 29.3 Å². The van der Waals surface area contributed by atoms with Crippen LogP contribution >= 0.6 is 0 Å². The number of carbonyl (C=O) groups excluding carboxylic acids is 1. The molecule has 0 aliphatic carbocycles. The fourth-order valence-electron chi connectivity index (χ4n) is 1.28. The maximum absolute atomic E-state index is 10.9. The molecule has 0 aromatic carbocycles. The SMILES string of the molecule is CC(=O)CN(C)c1nc(C)cc(C)n1. The number of rotatable bonds is 3. The Bertz CT molecular complexity index is 329. The van der Waals surface area contributed by atoms with Crippen molar-refractivity contribution in [3.63, 3.8) is 0 Å². The van der Waals surface area contributed by atoms with Gasteiger partial charge < -0.3 is 4.90 Å². The molecule has 1 heterocycles. The monoisotopic (exact) mass is 193 g/mol. The number of Topliss-reactive ketones (excluding diaryl/α,β-unsaturated/α-hetero) is 1. The first-order valence-corrected chi connectivity index (χ1v) is 4.52. The zero-order valence-corrected chi connectivity index (χ0v) is 9.03. The molecule has 0 spiro atoms. The van der Waals surface area contributed by atoms with Gasteiger partial charge >= 0.3 is 0 Å². The van der Waals surface area contributed by atoms with Crippen LogP contribution in [0.25, 0.3) is 0 Å². The smallest absolute Gasteiger partial charge is 0.225 e. The van der Waals surface area contributed by atoms with Crippen LogP contribution in [0.5, 0.6) is 0 Å². The number of aromatic nitrogens is 2. The lowest BCUT2D eigenvalue weighted by atomic mass is 10.3. The minimum atomic E-state index is 0.107. The third kappa shape index (κ3) is 2.80. The average Bonchev–Trinajstić information content (AvgIpc) is 2.00. The molecule has 0 atom stereocenters. The lowest BCUT2D eigenvalue weighted by Crippen LogP contribution is -2.26. The highest BCUT2D eigenvalue weighted by Gasteiger charge is 2.07. The highest BCUT2D eigenvalue weighted by Crippen LogP contribution is 2.07. The van der Waals surface area contributed by atoms with E-state index in [1.807, 2.05) is 27.0 Å². The van der Waals surface area contributed by atoms with Crippen molar-refractivity contribution in [1.82, 2.24) is 9.97 Å². The second-order valence-electron chi connectivity index (χ2n) is 3.51. The first-order chi connectivity index (χ1) is 6.49. The lowest BCUT2D eigenvalue weighted by Gasteiger charge is -2.15. The number of aryl methyl sites for hydroxylation is 2. The van der Waals surface area contributed by atoms with E-state index in [9.17, 15) is 4.79 Å². The van der Waals surface area contributed by atoms with Gasteiger partial charge in [0.1, 0.15) is 5.78 Å². The number of carbonyl (C=O) groups is 1. The quantitative estimate of drug-likeness (QED) is 0.721. The van der Waals surface area contributed by atoms with Crippen molar-refractivity contribution in [3.05, 3.63) is 17.5 Å². The van der Waals surface area contributed by atoms with Crippen LogP contribution in [-0.2, 0) is 4.79 Å². The molecule has 0 unspecified atom stereocenters. The molecule has 4 nitrogen and oxygen atoms in total. The van der Waals surface area contributed by atoms with Gasteiger partial charge in [0.25, 0.3) is 0 Å². The van der Waals surface area contributed by atoms with Gasteiger partial charge in [0.2, 0.25) is 5.95 Å². The first kappa shape index (κ1) is 10.6. The summed E-state index contributed by atoms with van der Waals surface area (Å²) in [5, 5.41) is 0. The molecule has 76 valence electrons. The van der Waals surface area contributed by atoms with E-state index < -0.39 is 0 Å². The van der Waals surface area contributed by atoms with E-state index in [1.54, 1.807) is 11.8 Å². The molecule has 4 heteroatoms. The fourth-order valence-corrected chi connectivity index (χ4v) is 1.28. The Morgan fingerprint density at radius 3 is 2.29 bits per heavy atom. The van der Waals surface area contributed by atoms with Crippen LogP contribution in [0.15, 0.2) is 6.07 Å². The van der Waals surface area contributed by atoms with Gasteiger partial charge in [-0.25, -0.2) is 9.97 Å². The van der Waals surface area contributed by atoms with Crippen molar-refractivity contribution in [2.75, 3.05) is 18.5 Å². The molecule has 1 aromatic rings. The summed E-state index contributed by atoms with van der Waals surface area (Å²) in [5.74, 6) is 0.716. The Labute approximate surface area is 84.0 Å². The van der Waals surface area contributed by atoms with Crippen LogP contribution in [0.1, 0.15) is 18.3 Å². The maximum atomic E-state index is 10.9. The van der Waals surface area contributed by atoms with Crippen LogP contribution in [0, 0.1) is 13.8 Å². The predicted molar refractivity (Wildman–Crippen MR) is 55.5 cm³/mol. The molecule has 0 aliphatic rings. The van der Waals surface area contributed by atoms with Gasteiger partial charge in [-0.2, -0.15) is 0 Å². The number of nitrogens with zero attached hydrogens (tertiary/aromatic N) is 3. The average molecular weight is 193 g/mol. The van der Waals surface area contributed by atoms with E-state index in [2.05, 4.69) is 9.97 Å². The van der Waals surface area contributed by atoms with E-state index in [-0.39, 0.29) is 5.78 Å². The molecule has 0 radical (unpaired) electrons. The zero-order valence-electron chi connectivity index (χ0n) is 9.03. The van der Waals surface area contributed by atoms with E-state index in [0.717, 1.165) is 11.4 Å². The largest absolute Gasteiger partial charge is 0.337 e. The van der Waals surface area contributed by atoms with Crippen molar-refractivity contribution in [3.8, 4) is 0 Å². The van der Waals surface area contributed by atoms with Gasteiger partial charge in [-0.15, -0.1) is 0 Å². The van der Waals surface area contributed by atoms with E-state index in [0.29, 0.717) is 12.5 Å². The van der Waals surface area contributed by atoms with E-state index >= 15 is 0 Å². The predicted octanol–water partition coefficient (Wildman–Crippen LogP) is 1.12. The molecule has 0 amide bonds. The van der Waals surface area contributed by atoms with E-state index in [1.165, 1.54) is 0 Å². The lowest BCUT2D eigenvalue weighted by molar-refractivity contribution is -0.115. The number of ketones is 1. The Hall–Kier alpha value is -1.45. The molecular weight excluding hydrogens is 178 g/mol. The molecule has 0 N–H and O–H groups in total. The summed E-state index contributed by atoms with van der Waals surface area (Å²) in [4.78, 5) is 21.2. The van der Waals surface area contributed by atoms with Crippen LogP contribution in [0.2, 0.25) is 0 Å². The zero-order chi connectivity index (χ0) is 10.7. The van der Waals surface area contributed by atoms with Gasteiger partial charge in [-0.3, -0.25) is 4.79 Å². The van der Waals surface area contributed by atoms with Gasteiger partial charge in [0.15, 0.2) is 0 Å². The number of likely N-dealkylation sites (N-methyl/N-ethyl adjacent to an activating group) is 1. The number of hydrogen-bond donors (Lipinski definition) is 0. The maximum Gasteiger partial charge on any atom is 0.225 e. The second-order valence-corrected chi connectivity index (χ2v) is 3.51. The topological polar surface area (TPSA) is 46.1 Å². The van der Waals surface area contributed by atoms with Crippen molar-refractivity contribution in [2.45, 2.75) is 20.8 Å². The molecule has 0 fully saturated rings. The Morgan fingerprint density at radius 2 is 1.86 bits per heavy atom. The summed E-state index contributed by atoms with van der Waals surface area (Å²) >= 11 is 0. The summed E-state index contributed by atoms with van der Waals surface area (Å²) in [6.45, 7) is 5.74. The van der Waals surface area contributed by atoms with E-state index in [4.69, 9.17) is 0 Å². The number of anilines is 1. The molecule has 1 rings (SSSR count). The van der Waals surface area contributed by atoms with Crippen molar-refractivity contribution < 1.29 is 4.79 Å². The summed E-state index contributed by atoms with van der Waals surface area (Å²) < 4.78 is 0. The molecule has 0 saturated carbocycles. The van der Waals surface area contributed by atoms with Gasteiger partial charge in [0.05, 0.1) is 6.54 Å². The first-order valence-electron chi connectivity index (χ1n) is 4.52. The normalized spacial score (nSPS) is 10.0. The van der Waals surface area contributed by atoms with Crippen LogP contribution in [0.3, 0.4) is 0 Å². The summed E-state index contributed by atoms with van der Waals surface area (Å²) in [6.07, 6.45) is 0. The van der Waals surface area contributed by atoms with Crippen molar-refractivity contribution >= 4 is 11.7 Å². The number of hydrogen-bond acceptors (Lipinski definition) is 4. The second kappa shape index (κ2) is 4.17. The van der Waals surface area contributed by atoms with Crippen molar-refractivity contribution in [2.24, 2.45) is 0 Å². The summed E-state index contributed by atoms with van der Waals surface area (Å²) in [6, 6.07) is 1.91. The molecule has 0 aliphatic heterocycles. The third-order valence-corrected chi connectivity index (χ3v) is 1.77. The van der Waals surface area contributed by atoms with Crippen LogP contribution < -0.4 is 4.90 Å². The standard InChI is InChI=1S/C10H15N3O/c1-7-5-8(2)12-10(11-7)13(4)6-9(3)14/h5H,6H2,1-4H3. The minimum absolute atomic E-state index is 0.107.